The van der Waals surface area contributed by atoms with Gasteiger partial charge in [-0.15, -0.1) is 0 Å². The molecule has 0 fully saturated rings. The Kier molecular flexibility index (Phi) is 4.30. The van der Waals surface area contributed by atoms with Crippen molar-refractivity contribution in [1.82, 2.24) is 0 Å². The second kappa shape index (κ2) is 4.49. The topological polar surface area (TPSA) is 0 Å². The van der Waals surface area contributed by atoms with Crippen LogP contribution >= 0.6 is 0 Å². The van der Waals surface area contributed by atoms with Crippen LogP contribution in [0.5, 0.6) is 0 Å². The van der Waals surface area contributed by atoms with Crippen LogP contribution in [0.15, 0.2) is 22.3 Å². The summed E-state index contributed by atoms with van der Waals surface area (Å²) in [6, 6.07) is 0. The summed E-state index contributed by atoms with van der Waals surface area (Å²) in [5.74, 6) is 0.694. The van der Waals surface area contributed by atoms with Gasteiger partial charge in [0.15, 0.2) is 0 Å². The van der Waals surface area contributed by atoms with Gasteiger partial charge in [-0.3, -0.25) is 0 Å². The van der Waals surface area contributed by atoms with Crippen LogP contribution < -0.4 is 0 Å². The molecular weight excluding hydrogens is 144 g/mol. The Morgan fingerprint density at radius 2 is 1.00 bits per heavy atom. The Labute approximate surface area is 77.4 Å². The average Bonchev–Trinajstić information content (AvgIpc) is 2.27. The van der Waals surface area contributed by atoms with Gasteiger partial charge in [-0.2, -0.15) is 0 Å². The van der Waals surface area contributed by atoms with Gasteiger partial charge in [-0.05, 0) is 44.8 Å². The Morgan fingerprint density at radius 1 is 0.750 bits per heavy atom. The molecule has 0 saturated carbocycles. The lowest BCUT2D eigenvalue weighted by Gasteiger charge is -2.05. The molecule has 0 bridgehead atoms. The lowest BCUT2D eigenvalue weighted by molar-refractivity contribution is 0.815. The van der Waals surface area contributed by atoms with Crippen LogP contribution in [0.3, 0.4) is 0 Å². The fourth-order valence-corrected chi connectivity index (χ4v) is 1.57. The second-order valence-corrected chi connectivity index (χ2v) is 3.34. The molecule has 1 aliphatic rings. The molecular formula is C12H22. The van der Waals surface area contributed by atoms with Crippen molar-refractivity contribution in [2.24, 2.45) is 5.92 Å². The molecule has 0 aliphatic heterocycles. The van der Waals surface area contributed by atoms with Crippen molar-refractivity contribution in [2.75, 3.05) is 0 Å². The minimum Gasteiger partial charge on any atom is -0.0683 e. The standard InChI is InChI=1S/C10H16.C2H6/c1-6-7(2)9(4)10(5)8(6)3;1-2/h6H,1-5H3;1-2H3. The Morgan fingerprint density at radius 3 is 1.08 bits per heavy atom. The molecule has 0 radical (unpaired) electrons. The highest BCUT2D eigenvalue weighted by molar-refractivity contribution is 5.45. The van der Waals surface area contributed by atoms with Gasteiger partial charge in [-0.1, -0.05) is 31.9 Å². The SMILES string of the molecule is CC.CC1=C(C)C(C)C(C)=C1C. The lowest BCUT2D eigenvalue weighted by Crippen LogP contribution is -1.92. The summed E-state index contributed by atoms with van der Waals surface area (Å²) in [5.41, 5.74) is 6.11. The van der Waals surface area contributed by atoms with Gasteiger partial charge in [0.25, 0.3) is 0 Å². The largest absolute Gasteiger partial charge is 0.0683 e. The molecule has 0 heteroatoms. The zero-order valence-corrected chi connectivity index (χ0v) is 9.58. The third-order valence-corrected chi connectivity index (χ3v) is 3.04. The van der Waals surface area contributed by atoms with Crippen molar-refractivity contribution in [3.05, 3.63) is 22.3 Å². The van der Waals surface area contributed by atoms with Crippen LogP contribution in [0.25, 0.3) is 0 Å². The maximum Gasteiger partial charge on any atom is -0.00153 e. The molecule has 0 spiro atoms. The summed E-state index contributed by atoms with van der Waals surface area (Å²) in [6.07, 6.45) is 0. The van der Waals surface area contributed by atoms with Crippen molar-refractivity contribution in [3.8, 4) is 0 Å². The summed E-state index contributed by atoms with van der Waals surface area (Å²) in [6.45, 7) is 15.2. The molecule has 0 heterocycles. The van der Waals surface area contributed by atoms with E-state index in [-0.39, 0.29) is 0 Å². The molecule has 0 N–H and O–H groups in total. The number of rotatable bonds is 0. The van der Waals surface area contributed by atoms with Gasteiger partial charge >= 0.3 is 0 Å². The first-order valence-corrected chi connectivity index (χ1v) is 4.90. The van der Waals surface area contributed by atoms with Gasteiger partial charge in [0.2, 0.25) is 0 Å². The van der Waals surface area contributed by atoms with Gasteiger partial charge in [0.1, 0.15) is 0 Å². The van der Waals surface area contributed by atoms with Gasteiger partial charge in [0, 0.05) is 0 Å². The van der Waals surface area contributed by atoms with Crippen LogP contribution in [0, 0.1) is 5.92 Å². The summed E-state index contributed by atoms with van der Waals surface area (Å²) in [5, 5.41) is 0. The van der Waals surface area contributed by atoms with E-state index in [0.717, 1.165) is 0 Å². The molecule has 0 saturated heterocycles. The molecule has 0 atom stereocenters. The van der Waals surface area contributed by atoms with Crippen molar-refractivity contribution in [1.29, 1.82) is 0 Å². The molecule has 0 nitrogen and oxygen atoms in total. The summed E-state index contributed by atoms with van der Waals surface area (Å²) in [4.78, 5) is 0. The van der Waals surface area contributed by atoms with E-state index in [1.54, 1.807) is 11.1 Å². The quantitative estimate of drug-likeness (QED) is 0.502. The van der Waals surface area contributed by atoms with Crippen LogP contribution in [0.4, 0.5) is 0 Å². The molecule has 0 aromatic rings. The highest BCUT2D eigenvalue weighted by Crippen LogP contribution is 2.35. The Bertz CT molecular complexity index is 192. The maximum atomic E-state index is 2.28. The van der Waals surface area contributed by atoms with E-state index in [2.05, 4.69) is 34.6 Å². The first-order chi connectivity index (χ1) is 5.55. The third kappa shape index (κ3) is 1.80. The van der Waals surface area contributed by atoms with Crippen molar-refractivity contribution < 1.29 is 0 Å². The van der Waals surface area contributed by atoms with E-state index < -0.39 is 0 Å². The predicted octanol–water partition coefficient (Wildman–Crippen LogP) is 4.34. The van der Waals surface area contributed by atoms with Crippen molar-refractivity contribution in [3.63, 3.8) is 0 Å². The predicted molar refractivity (Wildman–Crippen MR) is 57.3 cm³/mol. The van der Waals surface area contributed by atoms with E-state index in [1.165, 1.54) is 11.1 Å². The highest BCUT2D eigenvalue weighted by atomic mass is 14.2. The van der Waals surface area contributed by atoms with Crippen LogP contribution in [-0.4, -0.2) is 0 Å². The Hall–Kier alpha value is -0.520. The fourth-order valence-electron chi connectivity index (χ4n) is 1.57. The van der Waals surface area contributed by atoms with Crippen molar-refractivity contribution >= 4 is 0 Å². The molecule has 0 amide bonds. The molecule has 1 aliphatic carbocycles. The van der Waals surface area contributed by atoms with Gasteiger partial charge < -0.3 is 0 Å². The molecule has 12 heavy (non-hydrogen) atoms. The lowest BCUT2D eigenvalue weighted by atomic mass is 10.00. The summed E-state index contributed by atoms with van der Waals surface area (Å²) < 4.78 is 0. The number of allylic oxidation sites excluding steroid dienone is 4. The minimum absolute atomic E-state index is 0.694. The molecule has 0 aromatic carbocycles. The average molecular weight is 166 g/mol. The second-order valence-electron chi connectivity index (χ2n) is 3.34. The van der Waals surface area contributed by atoms with Gasteiger partial charge in [-0.25, -0.2) is 0 Å². The normalized spacial score (nSPS) is 18.2. The van der Waals surface area contributed by atoms with Crippen LogP contribution in [0.1, 0.15) is 48.5 Å². The third-order valence-electron chi connectivity index (χ3n) is 3.04. The monoisotopic (exact) mass is 166 g/mol. The molecule has 0 unspecified atom stereocenters. The first kappa shape index (κ1) is 11.5. The van der Waals surface area contributed by atoms with Crippen LogP contribution in [0.2, 0.25) is 0 Å². The van der Waals surface area contributed by atoms with Gasteiger partial charge in [0.05, 0.1) is 0 Å². The first-order valence-electron chi connectivity index (χ1n) is 4.90. The van der Waals surface area contributed by atoms with E-state index in [4.69, 9.17) is 0 Å². The van der Waals surface area contributed by atoms with E-state index in [0.29, 0.717) is 5.92 Å². The summed E-state index contributed by atoms with van der Waals surface area (Å²) in [7, 11) is 0. The van der Waals surface area contributed by atoms with Crippen molar-refractivity contribution in [2.45, 2.75) is 48.5 Å². The zero-order valence-electron chi connectivity index (χ0n) is 9.58. The molecule has 0 aromatic heterocycles. The van der Waals surface area contributed by atoms with E-state index in [1.807, 2.05) is 13.8 Å². The van der Waals surface area contributed by atoms with E-state index in [9.17, 15) is 0 Å². The number of hydrogen-bond acceptors (Lipinski definition) is 0. The molecule has 1 rings (SSSR count). The highest BCUT2D eigenvalue weighted by Gasteiger charge is 2.19. The fraction of sp³-hybridized carbons (Fsp3) is 0.667. The molecule has 70 valence electrons. The maximum absolute atomic E-state index is 2.28. The summed E-state index contributed by atoms with van der Waals surface area (Å²) >= 11 is 0. The van der Waals surface area contributed by atoms with E-state index >= 15 is 0 Å². The van der Waals surface area contributed by atoms with Crippen LogP contribution in [-0.2, 0) is 0 Å². The Balaban J connectivity index is 0.000000561. The smallest absolute Gasteiger partial charge is 0.00153 e. The zero-order chi connectivity index (χ0) is 9.89. The minimum atomic E-state index is 0.694. The number of hydrogen-bond donors (Lipinski definition) is 0.